The first kappa shape index (κ1) is 25.7. The Kier molecular flexibility index (Phi) is 6.39. The zero-order valence-corrected chi connectivity index (χ0v) is 21.0. The van der Waals surface area contributed by atoms with Crippen molar-refractivity contribution in [1.29, 1.82) is 0 Å². The van der Waals surface area contributed by atoms with E-state index in [1.165, 1.54) is 35.3 Å². The van der Waals surface area contributed by atoms with Crippen LogP contribution < -0.4 is 11.1 Å². The Balaban J connectivity index is 1.55. The van der Waals surface area contributed by atoms with E-state index in [9.17, 15) is 28.5 Å². The van der Waals surface area contributed by atoms with Crippen molar-refractivity contribution in [2.75, 3.05) is 5.32 Å². The normalized spacial score (nSPS) is 11.4. The highest BCUT2D eigenvalue weighted by Crippen LogP contribution is 2.43. The van der Waals surface area contributed by atoms with E-state index in [0.717, 1.165) is 17.5 Å². The first-order valence-corrected chi connectivity index (χ1v) is 12.0. The third kappa shape index (κ3) is 4.72. The molecule has 13 nitrogen and oxygen atoms in total. The highest BCUT2D eigenvalue weighted by molar-refractivity contribution is 7.21. The van der Waals surface area contributed by atoms with E-state index in [1.54, 1.807) is 18.7 Å². The summed E-state index contributed by atoms with van der Waals surface area (Å²) in [5.74, 6) is -1.50. The fraction of sp³-hybridized carbons (Fsp3) is 0.174. The van der Waals surface area contributed by atoms with Crippen LogP contribution in [0.25, 0.3) is 21.3 Å². The number of pyridine rings is 1. The number of hydrogen-bond acceptors (Lipinski definition) is 9. The van der Waals surface area contributed by atoms with Gasteiger partial charge in [0.05, 0.1) is 23.4 Å². The van der Waals surface area contributed by atoms with Gasteiger partial charge in [-0.05, 0) is 30.7 Å². The maximum Gasteiger partial charge on any atom is 0.307 e. The van der Waals surface area contributed by atoms with Gasteiger partial charge in [-0.25, -0.2) is 13.8 Å². The Labute approximate surface area is 221 Å². The summed E-state index contributed by atoms with van der Waals surface area (Å²) in [5.41, 5.74) is 6.31. The lowest BCUT2D eigenvalue weighted by atomic mass is 10.0. The number of hydrogen-bond donors (Lipinski definition) is 2. The van der Waals surface area contributed by atoms with Crippen molar-refractivity contribution in [3.8, 4) is 11.1 Å². The molecule has 39 heavy (non-hydrogen) atoms. The summed E-state index contributed by atoms with van der Waals surface area (Å²) < 4.78 is 35.8. The van der Waals surface area contributed by atoms with Crippen molar-refractivity contribution in [1.82, 2.24) is 24.5 Å². The number of thiophene rings is 1. The minimum absolute atomic E-state index is 0.000259. The van der Waals surface area contributed by atoms with Crippen LogP contribution in [0.15, 0.2) is 41.2 Å². The smallest absolute Gasteiger partial charge is 0.307 e. The molecule has 200 valence electrons. The molecule has 5 aromatic rings. The van der Waals surface area contributed by atoms with Gasteiger partial charge in [-0.3, -0.25) is 29.1 Å². The van der Waals surface area contributed by atoms with E-state index in [1.807, 2.05) is 0 Å². The van der Waals surface area contributed by atoms with Crippen LogP contribution in [-0.2, 0) is 13.6 Å². The minimum Gasteiger partial charge on any atom is -0.454 e. The number of rotatable bonds is 8. The zero-order valence-electron chi connectivity index (χ0n) is 20.2. The predicted octanol–water partition coefficient (Wildman–Crippen LogP) is 4.04. The molecule has 0 radical (unpaired) electrons. The van der Waals surface area contributed by atoms with E-state index in [4.69, 9.17) is 10.2 Å². The molecule has 2 amide bonds. The predicted molar refractivity (Wildman–Crippen MR) is 135 cm³/mol. The molecule has 0 spiro atoms. The van der Waals surface area contributed by atoms with Crippen molar-refractivity contribution in [2.24, 2.45) is 12.8 Å². The minimum atomic E-state index is -2.89. The number of amides is 2. The summed E-state index contributed by atoms with van der Waals surface area (Å²) in [5, 5.41) is 21.8. The number of carbonyl (C=O) groups excluding carboxylic acids is 2. The molecule has 0 unspecified atom stereocenters. The van der Waals surface area contributed by atoms with E-state index in [0.29, 0.717) is 16.8 Å². The van der Waals surface area contributed by atoms with Crippen LogP contribution in [0.2, 0.25) is 0 Å². The fourth-order valence-electron chi connectivity index (χ4n) is 3.95. The number of nitrogens with zero attached hydrogens (tertiary/aromatic N) is 6. The van der Waals surface area contributed by atoms with Crippen molar-refractivity contribution in [2.45, 2.75) is 19.9 Å². The summed E-state index contributed by atoms with van der Waals surface area (Å²) in [6.45, 7) is 1.76. The van der Waals surface area contributed by atoms with Crippen molar-refractivity contribution in [3.05, 3.63) is 74.7 Å². The van der Waals surface area contributed by atoms with Gasteiger partial charge in [0.25, 0.3) is 18.2 Å². The maximum atomic E-state index is 13.7. The molecule has 16 heteroatoms. The largest absolute Gasteiger partial charge is 0.454 e. The monoisotopic (exact) mass is 556 g/mol. The fourth-order valence-corrected chi connectivity index (χ4v) is 4.96. The van der Waals surface area contributed by atoms with Crippen LogP contribution in [0.5, 0.6) is 0 Å². The van der Waals surface area contributed by atoms with Crippen molar-refractivity contribution in [3.63, 3.8) is 0 Å². The number of aromatic nitrogens is 5. The lowest BCUT2D eigenvalue weighted by molar-refractivity contribution is -0.385. The summed E-state index contributed by atoms with van der Waals surface area (Å²) >= 11 is 0.776. The van der Waals surface area contributed by atoms with E-state index < -0.39 is 28.9 Å². The average molecular weight is 557 g/mol. The molecule has 0 saturated carbocycles. The second kappa shape index (κ2) is 9.71. The highest BCUT2D eigenvalue weighted by Gasteiger charge is 2.27. The number of nitro groups is 1. The number of primary amides is 1. The van der Waals surface area contributed by atoms with E-state index >= 15 is 0 Å². The molecule has 0 fully saturated rings. The lowest BCUT2D eigenvalue weighted by Gasteiger charge is -2.10. The molecule has 0 aliphatic rings. The van der Waals surface area contributed by atoms with Crippen molar-refractivity contribution < 1.29 is 27.7 Å². The zero-order chi connectivity index (χ0) is 28.0. The van der Waals surface area contributed by atoms with Gasteiger partial charge in [0, 0.05) is 23.7 Å². The third-order valence-corrected chi connectivity index (χ3v) is 7.03. The quantitative estimate of drug-likeness (QED) is 0.212. The molecule has 5 aromatic heterocycles. The van der Waals surface area contributed by atoms with Crippen LogP contribution in [0, 0.1) is 17.0 Å². The molecule has 0 aromatic carbocycles. The van der Waals surface area contributed by atoms with Gasteiger partial charge in [-0.1, -0.05) is 0 Å². The third-order valence-electron chi connectivity index (χ3n) is 5.93. The van der Waals surface area contributed by atoms with Crippen LogP contribution in [0.3, 0.4) is 0 Å². The van der Waals surface area contributed by atoms with Gasteiger partial charge < -0.3 is 15.5 Å². The standard InChI is InChI=1S/C23H18F2N8O5S/c1-10-14(7-27-31(10)2)13-5-15(20(24)25)29-23-17(13)18(19(39-23)21(26)34)30-22(35)16-4-3-12(38-16)9-32-8-11(6-28-32)33(36)37/h3-8,20H,9H2,1-2H3,(H2,26,34)(H,30,35). The molecule has 0 bridgehead atoms. The molecule has 0 aliphatic heterocycles. The summed E-state index contributed by atoms with van der Waals surface area (Å²) in [6.07, 6.45) is 0.894. The topological polar surface area (TPSA) is 177 Å². The van der Waals surface area contributed by atoms with Gasteiger partial charge in [-0.2, -0.15) is 10.2 Å². The number of anilines is 1. The van der Waals surface area contributed by atoms with Gasteiger partial charge in [-0.15, -0.1) is 11.3 Å². The van der Waals surface area contributed by atoms with Crippen LogP contribution in [-0.4, -0.2) is 41.3 Å². The van der Waals surface area contributed by atoms with Gasteiger partial charge in [0.1, 0.15) is 33.6 Å². The summed E-state index contributed by atoms with van der Waals surface area (Å²) in [4.78, 5) is 39.7. The maximum absolute atomic E-state index is 13.7. The number of nitrogens with two attached hydrogens (primary N) is 1. The number of nitrogens with one attached hydrogen (secondary N) is 1. The molecule has 5 heterocycles. The molecule has 3 N–H and O–H groups in total. The molecule has 5 rings (SSSR count). The van der Waals surface area contributed by atoms with Gasteiger partial charge in [0.15, 0.2) is 5.76 Å². The van der Waals surface area contributed by atoms with Gasteiger partial charge >= 0.3 is 5.69 Å². The van der Waals surface area contributed by atoms with Crippen LogP contribution in [0.4, 0.5) is 20.2 Å². The molecular formula is C23H18F2N8O5S. The summed E-state index contributed by atoms with van der Waals surface area (Å²) in [6, 6.07) is 4.06. The van der Waals surface area contributed by atoms with Crippen LogP contribution >= 0.6 is 11.3 Å². The molecule has 0 atom stereocenters. The first-order chi connectivity index (χ1) is 18.5. The number of furan rings is 1. The number of alkyl halides is 2. The number of aryl methyl sites for hydroxylation is 1. The molecule has 0 aliphatic carbocycles. The Morgan fingerprint density at radius 1 is 1.26 bits per heavy atom. The first-order valence-electron chi connectivity index (χ1n) is 11.1. The Morgan fingerprint density at radius 2 is 2.03 bits per heavy atom. The average Bonchev–Trinajstić information content (AvgIpc) is 3.67. The second-order valence-electron chi connectivity index (χ2n) is 8.39. The van der Waals surface area contributed by atoms with E-state index in [2.05, 4.69) is 20.5 Å². The molecule has 0 saturated heterocycles. The van der Waals surface area contributed by atoms with E-state index in [-0.39, 0.29) is 44.5 Å². The second-order valence-corrected chi connectivity index (χ2v) is 9.39. The Morgan fingerprint density at radius 3 is 2.64 bits per heavy atom. The number of halogens is 2. The van der Waals surface area contributed by atoms with Crippen molar-refractivity contribution >= 4 is 44.7 Å². The number of fused-ring (bicyclic) bond motifs is 1. The van der Waals surface area contributed by atoms with Crippen LogP contribution in [0.1, 0.15) is 43.8 Å². The number of carbonyl (C=O) groups is 2. The van der Waals surface area contributed by atoms with Gasteiger partial charge in [0.2, 0.25) is 0 Å². The Bertz CT molecular complexity index is 1770. The Hall–Kier alpha value is -4.99. The lowest BCUT2D eigenvalue weighted by Crippen LogP contribution is -2.16. The SMILES string of the molecule is Cc1c(-c2cc(C(F)F)nc3sc(C(N)=O)c(NC(=O)c4ccc(Cn5cc([N+](=O)[O-])cn5)o4)c23)cnn1C. The summed E-state index contributed by atoms with van der Waals surface area (Å²) in [7, 11) is 1.69. The molecular weight excluding hydrogens is 538 g/mol. The highest BCUT2D eigenvalue weighted by atomic mass is 32.1.